The summed E-state index contributed by atoms with van der Waals surface area (Å²) in [5, 5.41) is 10.4. The zero-order valence-corrected chi connectivity index (χ0v) is 26.7. The molecule has 0 unspecified atom stereocenters. The molecule has 0 fully saturated rings. The van der Waals surface area contributed by atoms with Crippen LogP contribution in [0.2, 0.25) is 0 Å². The van der Waals surface area contributed by atoms with Gasteiger partial charge in [0, 0.05) is 35.2 Å². The molecule has 0 aliphatic rings. The number of aromatic nitrogens is 4. The number of para-hydroxylation sites is 1. The molecule has 236 valence electrons. The minimum absolute atomic E-state index is 0.153. The number of hydrogen-bond acceptors (Lipinski definition) is 6. The summed E-state index contributed by atoms with van der Waals surface area (Å²) in [7, 11) is -0.538. The van der Waals surface area contributed by atoms with Gasteiger partial charge in [0.05, 0.1) is 32.6 Å². The first-order chi connectivity index (χ1) is 22.4. The summed E-state index contributed by atoms with van der Waals surface area (Å²) >= 11 is 0. The fraction of sp³-hybridized carbons (Fsp3) is 0.222. The monoisotopic (exact) mass is 635 g/mol. The number of aromatic amines is 1. The Morgan fingerprint density at radius 1 is 0.804 bits per heavy atom. The summed E-state index contributed by atoms with van der Waals surface area (Å²) in [6.45, 7) is 0.379. The molecule has 0 saturated carbocycles. The average Bonchev–Trinajstić information content (AvgIpc) is 3.68. The first-order valence-electron chi connectivity index (χ1n) is 15.2. The van der Waals surface area contributed by atoms with Crippen LogP contribution in [-0.4, -0.2) is 42.4 Å². The molecule has 9 nitrogen and oxygen atoms in total. The van der Waals surface area contributed by atoms with Crippen LogP contribution in [0.3, 0.4) is 0 Å². The minimum atomic E-state index is -3.78. The zero-order valence-electron chi connectivity index (χ0n) is 25.9. The molecular formula is C36H37N5O4S. The van der Waals surface area contributed by atoms with Crippen LogP contribution in [0.4, 0.5) is 0 Å². The lowest BCUT2D eigenvalue weighted by atomic mass is 10.0. The van der Waals surface area contributed by atoms with Gasteiger partial charge >= 0.3 is 0 Å². The predicted molar refractivity (Wildman–Crippen MR) is 179 cm³/mol. The highest BCUT2D eigenvalue weighted by molar-refractivity contribution is 7.88. The normalized spacial score (nSPS) is 12.3. The van der Waals surface area contributed by atoms with E-state index < -0.39 is 16.1 Å². The smallest absolute Gasteiger partial charge is 0.216 e. The van der Waals surface area contributed by atoms with Crippen LogP contribution in [-0.2, 0) is 41.6 Å². The largest absolute Gasteiger partial charge is 0.497 e. The highest BCUT2D eigenvalue weighted by Crippen LogP contribution is 2.29. The lowest BCUT2D eigenvalue weighted by Gasteiger charge is -2.21. The third kappa shape index (κ3) is 7.30. The van der Waals surface area contributed by atoms with Gasteiger partial charge in [-0.05, 0) is 47.7 Å². The SMILES string of the molecule is COc1ccc(Cn2c(CCc3ccccc3)nnc2[C@@H](Cc2c[nH]c3ccccc23)NS(=O)(=O)Cc2ccccc2)c(OC)c1. The minimum Gasteiger partial charge on any atom is -0.497 e. The van der Waals surface area contributed by atoms with E-state index in [0.29, 0.717) is 42.3 Å². The second-order valence-electron chi connectivity index (χ2n) is 11.2. The number of methoxy groups -OCH3 is 2. The molecule has 10 heteroatoms. The Morgan fingerprint density at radius 2 is 1.52 bits per heavy atom. The number of ether oxygens (including phenoxy) is 2. The lowest BCUT2D eigenvalue weighted by molar-refractivity contribution is 0.389. The van der Waals surface area contributed by atoms with Gasteiger partial charge in [0.25, 0.3) is 0 Å². The van der Waals surface area contributed by atoms with E-state index in [4.69, 9.17) is 9.47 Å². The molecule has 0 bridgehead atoms. The molecule has 46 heavy (non-hydrogen) atoms. The van der Waals surface area contributed by atoms with Gasteiger partial charge in [-0.3, -0.25) is 0 Å². The maximum Gasteiger partial charge on any atom is 0.216 e. The maximum atomic E-state index is 13.7. The lowest BCUT2D eigenvalue weighted by Crippen LogP contribution is -2.33. The molecule has 0 aliphatic heterocycles. The Bertz CT molecular complexity index is 2010. The Hall–Kier alpha value is -4.93. The summed E-state index contributed by atoms with van der Waals surface area (Å²) < 4.78 is 43.6. The highest BCUT2D eigenvalue weighted by atomic mass is 32.2. The number of benzene rings is 4. The van der Waals surface area contributed by atoms with Crippen molar-refractivity contribution < 1.29 is 17.9 Å². The van der Waals surface area contributed by atoms with Crippen molar-refractivity contribution in [2.75, 3.05) is 14.2 Å². The van der Waals surface area contributed by atoms with Gasteiger partial charge in [-0.25, -0.2) is 13.1 Å². The second-order valence-corrected chi connectivity index (χ2v) is 13.0. The second kappa shape index (κ2) is 14.0. The molecule has 0 spiro atoms. The van der Waals surface area contributed by atoms with Crippen LogP contribution in [0.25, 0.3) is 10.9 Å². The van der Waals surface area contributed by atoms with E-state index in [1.165, 1.54) is 5.56 Å². The van der Waals surface area contributed by atoms with E-state index in [2.05, 4.69) is 32.0 Å². The van der Waals surface area contributed by atoms with Gasteiger partial charge in [0.1, 0.15) is 17.3 Å². The fourth-order valence-electron chi connectivity index (χ4n) is 5.78. The van der Waals surface area contributed by atoms with E-state index in [9.17, 15) is 8.42 Å². The van der Waals surface area contributed by atoms with Crippen LogP contribution in [0.5, 0.6) is 11.5 Å². The Balaban J connectivity index is 1.42. The summed E-state index contributed by atoms with van der Waals surface area (Å²) in [6, 6.07) is 32.4. The molecule has 6 rings (SSSR count). The molecule has 2 heterocycles. The van der Waals surface area contributed by atoms with Gasteiger partial charge in [0.2, 0.25) is 10.0 Å². The molecule has 0 aliphatic carbocycles. The Labute approximate surface area is 269 Å². The van der Waals surface area contributed by atoms with Crippen molar-refractivity contribution in [3.63, 3.8) is 0 Å². The van der Waals surface area contributed by atoms with Crippen LogP contribution in [0.15, 0.2) is 109 Å². The van der Waals surface area contributed by atoms with Crippen molar-refractivity contribution in [3.05, 3.63) is 143 Å². The van der Waals surface area contributed by atoms with Crippen LogP contribution in [0.1, 0.15) is 39.9 Å². The molecule has 6 aromatic rings. The Morgan fingerprint density at radius 3 is 2.26 bits per heavy atom. The third-order valence-corrected chi connectivity index (χ3v) is 9.45. The highest BCUT2D eigenvalue weighted by Gasteiger charge is 2.28. The molecular weight excluding hydrogens is 598 g/mol. The topological polar surface area (TPSA) is 111 Å². The summed E-state index contributed by atoms with van der Waals surface area (Å²) in [4.78, 5) is 3.32. The number of fused-ring (bicyclic) bond motifs is 1. The van der Waals surface area contributed by atoms with E-state index in [0.717, 1.165) is 34.3 Å². The Kier molecular flexibility index (Phi) is 9.46. The number of aryl methyl sites for hydroxylation is 2. The molecule has 4 aromatic carbocycles. The van der Waals surface area contributed by atoms with Crippen molar-refractivity contribution in [2.24, 2.45) is 0 Å². The third-order valence-electron chi connectivity index (χ3n) is 8.09. The average molecular weight is 636 g/mol. The predicted octanol–water partition coefficient (Wildman–Crippen LogP) is 6.01. The number of nitrogens with one attached hydrogen (secondary N) is 2. The number of nitrogens with zero attached hydrogens (tertiary/aromatic N) is 3. The van der Waals surface area contributed by atoms with Gasteiger partial charge < -0.3 is 19.0 Å². The van der Waals surface area contributed by atoms with Crippen LogP contribution in [0, 0.1) is 0 Å². The fourth-order valence-corrected chi connectivity index (χ4v) is 7.11. The first kappa shape index (κ1) is 31.1. The number of sulfonamides is 1. The standard InChI is InChI=1S/C36H37N5O4S/c1-44-30-19-18-28(34(22-30)45-2)24-41-35(20-17-26-11-5-3-6-12-26)38-39-36(41)33(21-29-23-37-32-16-10-9-15-31(29)32)40-46(42,43)25-27-13-7-4-8-14-27/h3-16,18-19,22-23,33,37,40H,17,20-21,24-25H2,1-2H3/t33-/m1/s1. The van der Waals surface area contributed by atoms with Gasteiger partial charge in [-0.2, -0.15) is 0 Å². The van der Waals surface area contributed by atoms with Crippen LogP contribution >= 0.6 is 0 Å². The van der Waals surface area contributed by atoms with Gasteiger partial charge in [-0.1, -0.05) is 78.9 Å². The zero-order chi connectivity index (χ0) is 31.9. The van der Waals surface area contributed by atoms with E-state index in [1.807, 2.05) is 102 Å². The van der Waals surface area contributed by atoms with Crippen molar-refractivity contribution in [1.29, 1.82) is 0 Å². The molecule has 2 N–H and O–H groups in total. The van der Waals surface area contributed by atoms with E-state index in [-0.39, 0.29) is 5.75 Å². The van der Waals surface area contributed by atoms with Crippen molar-refractivity contribution in [3.8, 4) is 11.5 Å². The number of rotatable bonds is 14. The van der Waals surface area contributed by atoms with Crippen LogP contribution < -0.4 is 14.2 Å². The summed E-state index contributed by atoms with van der Waals surface area (Å²) in [5.74, 6) is 2.47. The number of H-pyrrole nitrogens is 1. The summed E-state index contributed by atoms with van der Waals surface area (Å²) in [5.41, 5.74) is 4.73. The summed E-state index contributed by atoms with van der Waals surface area (Å²) in [6.07, 6.45) is 3.68. The van der Waals surface area contributed by atoms with Crippen molar-refractivity contribution in [2.45, 2.75) is 37.6 Å². The molecule has 0 saturated heterocycles. The van der Waals surface area contributed by atoms with Crippen molar-refractivity contribution >= 4 is 20.9 Å². The first-order valence-corrected chi connectivity index (χ1v) is 16.8. The van der Waals surface area contributed by atoms with E-state index in [1.54, 1.807) is 14.2 Å². The van der Waals surface area contributed by atoms with Gasteiger partial charge in [0.15, 0.2) is 5.82 Å². The van der Waals surface area contributed by atoms with Gasteiger partial charge in [-0.15, -0.1) is 10.2 Å². The maximum absolute atomic E-state index is 13.7. The number of hydrogen-bond donors (Lipinski definition) is 2. The van der Waals surface area contributed by atoms with E-state index >= 15 is 0 Å². The van der Waals surface area contributed by atoms with Crippen molar-refractivity contribution in [1.82, 2.24) is 24.5 Å². The quantitative estimate of drug-likeness (QED) is 0.152. The molecule has 0 amide bonds. The molecule has 2 aromatic heterocycles. The molecule has 1 atom stereocenters. The molecule has 0 radical (unpaired) electrons.